The first-order valence-corrected chi connectivity index (χ1v) is 13.0. The molecule has 0 bridgehead atoms. The van der Waals surface area contributed by atoms with E-state index in [1.165, 1.54) is 0 Å². The van der Waals surface area contributed by atoms with Gasteiger partial charge in [-0.05, 0) is 0 Å². The molecule has 3 rings (SSSR count). The third-order valence-corrected chi connectivity index (χ3v) is 7.91. The summed E-state index contributed by atoms with van der Waals surface area (Å²) in [6, 6.07) is 0. The minimum Gasteiger partial charge on any atom is -0.387 e. The summed E-state index contributed by atoms with van der Waals surface area (Å²) in [7, 11) is -17.0. The Morgan fingerprint density at radius 1 is 1.09 bits per heavy atom. The number of nitrogens with two attached hydrogens (primary N) is 1. The Labute approximate surface area is 186 Å². The highest BCUT2D eigenvalue weighted by molar-refractivity contribution is 7.66. The van der Waals surface area contributed by atoms with Crippen LogP contribution in [0.2, 0.25) is 0 Å². The van der Waals surface area contributed by atoms with Crippen molar-refractivity contribution in [1.29, 1.82) is 0 Å². The normalized spacial score (nSPS) is 29.1. The van der Waals surface area contributed by atoms with Gasteiger partial charge in [0.1, 0.15) is 35.8 Å². The molecule has 10 N–H and O–H groups in total. The molecule has 20 nitrogen and oxygen atoms in total. The molecule has 0 radical (unpaired) electrons. The number of H-pyrrole nitrogens is 1. The number of nitrogen functional groups attached to an aromatic ring is 1. The molecule has 6 atom stereocenters. The van der Waals surface area contributed by atoms with Gasteiger partial charge >= 0.3 is 23.5 Å². The smallest absolute Gasteiger partial charge is 0.387 e. The van der Waals surface area contributed by atoms with E-state index in [2.05, 4.69) is 33.1 Å². The minimum absolute atomic E-state index is 0.380. The summed E-state index contributed by atoms with van der Waals surface area (Å²) >= 11 is 0. The minimum atomic E-state index is -5.81. The number of aromatic nitrogens is 4. The average Bonchev–Trinajstić information content (AvgIpc) is 2.88. The number of phosphoric acid groups is 3. The molecule has 2 unspecified atom stereocenters. The number of ether oxygens (including phenoxy) is 1. The third-order valence-electron chi connectivity index (χ3n) is 4.10. The topological polar surface area (TPSA) is 327 Å². The van der Waals surface area contributed by atoms with Crippen LogP contribution in [-0.4, -0.2) is 79.7 Å². The summed E-state index contributed by atoms with van der Waals surface area (Å²) in [5.41, 5.74) is 3.19. The summed E-state index contributed by atoms with van der Waals surface area (Å²) in [5, 5.41) is 31.4. The second-order valence-electron chi connectivity index (χ2n) is 6.55. The quantitative estimate of drug-likeness (QED) is 0.147. The SMILES string of the molecule is Nc1nc2c([C@]3(O)O[C@H](COP(=O)(O)OP(=O)(O)OP(=O)(O)O)[C@@H](O)[C@H]3O)ncnc2c(=O)[nH]1. The third kappa shape index (κ3) is 5.73. The number of hydrogen-bond acceptors (Lipinski definition) is 15. The van der Waals surface area contributed by atoms with Gasteiger partial charge in [-0.25, -0.2) is 28.6 Å². The summed E-state index contributed by atoms with van der Waals surface area (Å²) in [4.78, 5) is 60.9. The number of phosphoric ester groups is 1. The molecule has 0 saturated carbocycles. The van der Waals surface area contributed by atoms with Crippen LogP contribution >= 0.6 is 23.5 Å². The Morgan fingerprint density at radius 3 is 2.35 bits per heavy atom. The predicted octanol–water partition coefficient (Wildman–Crippen LogP) is -3.10. The zero-order valence-electron chi connectivity index (χ0n) is 16.2. The Hall–Kier alpha value is -1.73. The van der Waals surface area contributed by atoms with Crippen LogP contribution in [0.3, 0.4) is 0 Å². The van der Waals surface area contributed by atoms with Crippen molar-refractivity contribution >= 4 is 40.4 Å². The first-order chi connectivity index (χ1) is 15.4. The number of aliphatic hydroxyl groups excluding tert-OH is 2. The van der Waals surface area contributed by atoms with Crippen molar-refractivity contribution in [2.75, 3.05) is 12.3 Å². The zero-order chi connectivity index (χ0) is 25.7. The number of fused-ring (bicyclic) bond motifs is 1. The van der Waals surface area contributed by atoms with Gasteiger partial charge in [-0.15, -0.1) is 0 Å². The summed E-state index contributed by atoms with van der Waals surface area (Å²) in [6.45, 7) is -1.20. The fourth-order valence-electron chi connectivity index (χ4n) is 2.84. The van der Waals surface area contributed by atoms with Gasteiger partial charge in [0.25, 0.3) is 5.56 Å². The summed E-state index contributed by atoms with van der Waals surface area (Å²) in [5.74, 6) is -3.31. The van der Waals surface area contributed by atoms with Crippen LogP contribution in [0, 0.1) is 0 Å². The predicted molar refractivity (Wildman–Crippen MR) is 103 cm³/mol. The molecule has 0 spiro atoms. The zero-order valence-corrected chi connectivity index (χ0v) is 18.9. The molecule has 0 aliphatic carbocycles. The van der Waals surface area contributed by atoms with Crippen LogP contribution in [0.15, 0.2) is 11.1 Å². The Kier molecular flexibility index (Phi) is 7.15. The van der Waals surface area contributed by atoms with Crippen LogP contribution in [0.5, 0.6) is 0 Å². The molecule has 1 aliphatic rings. The number of hydrogen-bond donors (Lipinski definition) is 9. The first-order valence-electron chi connectivity index (χ1n) is 8.50. The lowest BCUT2D eigenvalue weighted by Crippen LogP contribution is -2.42. The van der Waals surface area contributed by atoms with Crippen molar-refractivity contribution in [2.24, 2.45) is 0 Å². The van der Waals surface area contributed by atoms with Crippen molar-refractivity contribution in [1.82, 2.24) is 19.9 Å². The molecule has 34 heavy (non-hydrogen) atoms. The second kappa shape index (κ2) is 9.05. The molecule has 1 aliphatic heterocycles. The lowest BCUT2D eigenvalue weighted by atomic mass is 10.0. The molecule has 1 fully saturated rings. The number of rotatable bonds is 8. The summed E-state index contributed by atoms with van der Waals surface area (Å²) in [6.07, 6.45) is -5.32. The Balaban J connectivity index is 1.83. The van der Waals surface area contributed by atoms with Gasteiger partial charge in [0.2, 0.25) is 11.7 Å². The van der Waals surface area contributed by atoms with Crippen LogP contribution < -0.4 is 11.3 Å². The number of nitrogens with zero attached hydrogens (tertiary/aromatic N) is 3. The second-order valence-corrected chi connectivity index (χ2v) is 11.0. The average molecular weight is 551 g/mol. The molecule has 190 valence electrons. The molecule has 3 heterocycles. The lowest BCUT2D eigenvalue weighted by Gasteiger charge is -2.25. The van der Waals surface area contributed by atoms with Crippen molar-refractivity contribution in [3.05, 3.63) is 22.4 Å². The van der Waals surface area contributed by atoms with Gasteiger partial charge in [-0.2, -0.15) is 8.62 Å². The van der Waals surface area contributed by atoms with E-state index in [1.807, 2.05) is 0 Å². The number of aliphatic hydroxyl groups is 3. The van der Waals surface area contributed by atoms with E-state index in [-0.39, 0.29) is 5.52 Å². The maximum Gasteiger partial charge on any atom is 0.490 e. The van der Waals surface area contributed by atoms with E-state index < -0.39 is 76.9 Å². The van der Waals surface area contributed by atoms with Gasteiger partial charge < -0.3 is 45.4 Å². The van der Waals surface area contributed by atoms with E-state index in [0.717, 1.165) is 6.33 Å². The van der Waals surface area contributed by atoms with Crippen LogP contribution in [0.4, 0.5) is 5.95 Å². The van der Waals surface area contributed by atoms with E-state index in [0.29, 0.717) is 0 Å². The fraction of sp³-hybridized carbons (Fsp3) is 0.455. The molecular weight excluding hydrogens is 535 g/mol. The number of aromatic amines is 1. The highest BCUT2D eigenvalue weighted by Gasteiger charge is 2.57. The highest BCUT2D eigenvalue weighted by atomic mass is 31.3. The van der Waals surface area contributed by atoms with E-state index >= 15 is 0 Å². The molecule has 2 aromatic heterocycles. The molecule has 0 aromatic carbocycles. The van der Waals surface area contributed by atoms with Crippen LogP contribution in [0.1, 0.15) is 5.69 Å². The van der Waals surface area contributed by atoms with Gasteiger partial charge in [0, 0.05) is 0 Å². The molecular formula is C11H16N5O15P3. The largest absolute Gasteiger partial charge is 0.490 e. The van der Waals surface area contributed by atoms with Gasteiger partial charge in [0.15, 0.2) is 5.52 Å². The van der Waals surface area contributed by atoms with Crippen LogP contribution in [-0.2, 0) is 37.4 Å². The Bertz CT molecular complexity index is 1300. The maximum absolute atomic E-state index is 12.0. The maximum atomic E-state index is 12.0. The van der Waals surface area contributed by atoms with Crippen molar-refractivity contribution < 1.29 is 66.5 Å². The van der Waals surface area contributed by atoms with Gasteiger partial charge in [-0.1, -0.05) is 0 Å². The van der Waals surface area contributed by atoms with Gasteiger partial charge in [0.05, 0.1) is 6.61 Å². The molecule has 2 aromatic rings. The highest BCUT2D eigenvalue weighted by Crippen LogP contribution is 2.66. The Morgan fingerprint density at radius 2 is 1.74 bits per heavy atom. The molecule has 1 saturated heterocycles. The summed E-state index contributed by atoms with van der Waals surface area (Å²) < 4.78 is 50.4. The van der Waals surface area contributed by atoms with Gasteiger partial charge in [-0.3, -0.25) is 14.3 Å². The standard InChI is InChI=1S/C11H16N5O15P3/c12-10-15-4-5(9(19)16-10)13-2-14-7(4)11(20)8(18)6(17)3(29-11)1-28-33(24,25)31-34(26,27)30-32(21,22)23/h2-3,6,8,17-18,20H,1H2,(H,24,25)(H,26,27)(H2,21,22,23)(H3,12,15,16,19)/t3-,6-,8-,11+/m1/s1. The molecule has 0 amide bonds. The van der Waals surface area contributed by atoms with Crippen LogP contribution in [0.25, 0.3) is 11.0 Å². The fourth-order valence-corrected chi connectivity index (χ4v) is 5.87. The number of anilines is 1. The van der Waals surface area contributed by atoms with Crippen molar-refractivity contribution in [3.8, 4) is 0 Å². The van der Waals surface area contributed by atoms with Crippen molar-refractivity contribution in [2.45, 2.75) is 24.1 Å². The van der Waals surface area contributed by atoms with E-state index in [4.69, 9.17) is 25.2 Å². The lowest BCUT2D eigenvalue weighted by molar-refractivity contribution is -0.241. The van der Waals surface area contributed by atoms with Crippen molar-refractivity contribution in [3.63, 3.8) is 0 Å². The molecule has 23 heteroatoms. The monoisotopic (exact) mass is 551 g/mol. The first kappa shape index (κ1) is 26.9. The van der Waals surface area contributed by atoms with E-state index in [9.17, 15) is 38.7 Å². The van der Waals surface area contributed by atoms with E-state index in [1.54, 1.807) is 0 Å². The number of nitrogens with one attached hydrogen (secondary N) is 1.